The molecule has 2 rings (SSSR count). The zero-order chi connectivity index (χ0) is 19.2. The fourth-order valence-corrected chi connectivity index (χ4v) is 4.05. The summed E-state index contributed by atoms with van der Waals surface area (Å²) in [5.74, 6) is 2.02. The van der Waals surface area contributed by atoms with Crippen LogP contribution in [0.2, 0.25) is 0 Å². The van der Waals surface area contributed by atoms with Crippen LogP contribution in [0, 0.1) is 0 Å². The van der Waals surface area contributed by atoms with E-state index in [1.165, 1.54) is 0 Å². The van der Waals surface area contributed by atoms with E-state index in [1.54, 1.807) is 0 Å². The first-order valence-electron chi connectivity index (χ1n) is 9.34. The van der Waals surface area contributed by atoms with Crippen molar-refractivity contribution >= 4 is 23.6 Å². The molecule has 1 unspecified atom stereocenters. The van der Waals surface area contributed by atoms with E-state index in [-0.39, 0.29) is 16.7 Å². The van der Waals surface area contributed by atoms with Gasteiger partial charge in [0.2, 0.25) is 0 Å². The lowest BCUT2D eigenvalue weighted by molar-refractivity contribution is 0.0939. The number of rotatable bonds is 5. The molecule has 0 spiro atoms. The molecule has 144 valence electrons. The topological polar surface area (TPSA) is 56.7 Å². The van der Waals surface area contributed by atoms with Crippen molar-refractivity contribution in [2.75, 3.05) is 25.9 Å². The van der Waals surface area contributed by atoms with E-state index >= 15 is 0 Å². The normalized spacial score (nSPS) is 18.3. The Labute approximate surface area is 162 Å². The number of nitrogens with one attached hydrogen (secondary N) is 2. The summed E-state index contributed by atoms with van der Waals surface area (Å²) < 4.78 is 0.240. The minimum absolute atomic E-state index is 0.0135. The van der Waals surface area contributed by atoms with Gasteiger partial charge in [-0.1, -0.05) is 19.1 Å². The Morgan fingerprint density at radius 3 is 2.85 bits per heavy atom. The van der Waals surface area contributed by atoms with Crippen molar-refractivity contribution in [2.24, 2.45) is 4.99 Å². The fraction of sp³-hybridized carbons (Fsp3) is 0.600. The van der Waals surface area contributed by atoms with Gasteiger partial charge in [0.25, 0.3) is 5.91 Å². The quantitative estimate of drug-likeness (QED) is 0.612. The second-order valence-corrected chi connectivity index (χ2v) is 9.22. The number of carbonyl (C=O) groups excluding carboxylic acids is 1. The Balaban J connectivity index is 1.98. The molecular weight excluding hydrogens is 344 g/mol. The summed E-state index contributed by atoms with van der Waals surface area (Å²) in [7, 11) is 1.83. The number of amides is 1. The summed E-state index contributed by atoms with van der Waals surface area (Å²) in [6.07, 6.45) is 0.924. The minimum atomic E-state index is -0.0135. The van der Waals surface area contributed by atoms with E-state index in [0.717, 1.165) is 36.8 Å². The van der Waals surface area contributed by atoms with Crippen LogP contribution >= 0.6 is 11.8 Å². The Morgan fingerprint density at radius 1 is 1.42 bits per heavy atom. The maximum absolute atomic E-state index is 12.3. The zero-order valence-corrected chi connectivity index (χ0v) is 17.4. The molecule has 1 amide bonds. The lowest BCUT2D eigenvalue weighted by Crippen LogP contribution is -2.50. The van der Waals surface area contributed by atoms with Gasteiger partial charge in [0.1, 0.15) is 0 Å². The van der Waals surface area contributed by atoms with E-state index in [9.17, 15) is 4.79 Å². The first-order valence-corrected chi connectivity index (χ1v) is 10.3. The SMILES string of the molecule is CCC(C)NC(=O)c1cccc(CNC(=NC)N2CCSC(C)(C)C2)c1. The first-order chi connectivity index (χ1) is 12.3. The molecule has 1 saturated heterocycles. The number of benzene rings is 1. The number of thioether (sulfide) groups is 1. The van der Waals surface area contributed by atoms with Crippen molar-refractivity contribution in [1.82, 2.24) is 15.5 Å². The van der Waals surface area contributed by atoms with Crippen LogP contribution in [-0.2, 0) is 6.54 Å². The lowest BCUT2D eigenvalue weighted by Gasteiger charge is -2.39. The third-order valence-corrected chi connectivity index (χ3v) is 5.86. The average molecular weight is 377 g/mol. The molecule has 5 nitrogen and oxygen atoms in total. The van der Waals surface area contributed by atoms with Crippen LogP contribution in [0.1, 0.15) is 50.0 Å². The van der Waals surface area contributed by atoms with Crippen LogP contribution < -0.4 is 10.6 Å². The zero-order valence-electron chi connectivity index (χ0n) is 16.6. The van der Waals surface area contributed by atoms with E-state index in [1.807, 2.05) is 50.0 Å². The second-order valence-electron chi connectivity index (χ2n) is 7.41. The first kappa shape index (κ1) is 20.6. The summed E-state index contributed by atoms with van der Waals surface area (Å²) in [4.78, 5) is 19.1. The molecule has 6 heteroatoms. The third-order valence-electron chi connectivity index (χ3n) is 4.57. The molecule has 1 aromatic rings. The van der Waals surface area contributed by atoms with E-state index in [4.69, 9.17) is 0 Å². The van der Waals surface area contributed by atoms with Crippen LogP contribution in [0.3, 0.4) is 0 Å². The van der Waals surface area contributed by atoms with Crippen molar-refractivity contribution in [1.29, 1.82) is 0 Å². The van der Waals surface area contributed by atoms with Gasteiger partial charge in [-0.05, 0) is 44.9 Å². The monoisotopic (exact) mass is 376 g/mol. The molecule has 26 heavy (non-hydrogen) atoms. The van der Waals surface area contributed by atoms with Crippen LogP contribution in [-0.4, -0.2) is 53.4 Å². The molecule has 1 aliphatic heterocycles. The van der Waals surface area contributed by atoms with Gasteiger partial charge in [-0.15, -0.1) is 0 Å². The molecular formula is C20H32N4OS. The Morgan fingerprint density at radius 2 is 2.19 bits per heavy atom. The van der Waals surface area contributed by atoms with Gasteiger partial charge >= 0.3 is 0 Å². The van der Waals surface area contributed by atoms with Crippen molar-refractivity contribution < 1.29 is 4.79 Å². The standard InChI is InChI=1S/C20H32N4OS/c1-6-15(2)23-18(25)17-9-7-8-16(12-17)13-22-19(21-5)24-10-11-26-20(3,4)14-24/h7-9,12,15H,6,10-11,13-14H2,1-5H3,(H,21,22)(H,23,25). The van der Waals surface area contributed by atoms with Gasteiger partial charge in [0.05, 0.1) is 0 Å². The molecule has 2 N–H and O–H groups in total. The van der Waals surface area contributed by atoms with Crippen LogP contribution in [0.15, 0.2) is 29.3 Å². The van der Waals surface area contributed by atoms with Crippen LogP contribution in [0.4, 0.5) is 0 Å². The molecule has 0 saturated carbocycles. The lowest BCUT2D eigenvalue weighted by atomic mass is 10.1. The highest BCUT2D eigenvalue weighted by atomic mass is 32.2. The molecule has 0 aromatic heterocycles. The number of hydrogen-bond acceptors (Lipinski definition) is 3. The molecule has 0 aliphatic carbocycles. The predicted octanol–water partition coefficient (Wildman–Crippen LogP) is 3.12. The summed E-state index contributed by atoms with van der Waals surface area (Å²) in [6, 6.07) is 7.97. The van der Waals surface area contributed by atoms with Crippen LogP contribution in [0.5, 0.6) is 0 Å². The van der Waals surface area contributed by atoms with Crippen molar-refractivity contribution in [3.8, 4) is 0 Å². The van der Waals surface area contributed by atoms with Gasteiger partial charge in [-0.25, -0.2) is 0 Å². The van der Waals surface area contributed by atoms with Gasteiger partial charge in [0.15, 0.2) is 5.96 Å². The molecule has 1 aromatic carbocycles. The highest BCUT2D eigenvalue weighted by Gasteiger charge is 2.28. The smallest absolute Gasteiger partial charge is 0.251 e. The molecule has 0 bridgehead atoms. The summed E-state index contributed by atoms with van der Waals surface area (Å²) in [5.41, 5.74) is 1.78. The highest BCUT2D eigenvalue weighted by Crippen LogP contribution is 2.29. The summed E-state index contributed by atoms with van der Waals surface area (Å²) in [5, 5.41) is 6.46. The fourth-order valence-electron chi connectivity index (χ4n) is 2.94. The third kappa shape index (κ3) is 5.94. The maximum atomic E-state index is 12.3. The van der Waals surface area contributed by atoms with E-state index < -0.39 is 0 Å². The van der Waals surface area contributed by atoms with Gasteiger partial charge in [-0.3, -0.25) is 9.79 Å². The van der Waals surface area contributed by atoms with E-state index in [2.05, 4.69) is 41.3 Å². The Kier molecular flexibility index (Phi) is 7.38. The number of nitrogens with zero attached hydrogens (tertiary/aromatic N) is 2. The number of aliphatic imine (C=N–C) groups is 1. The maximum Gasteiger partial charge on any atom is 0.251 e. The molecule has 1 heterocycles. The van der Waals surface area contributed by atoms with Crippen molar-refractivity contribution in [3.05, 3.63) is 35.4 Å². The molecule has 1 aliphatic rings. The van der Waals surface area contributed by atoms with Crippen LogP contribution in [0.25, 0.3) is 0 Å². The molecule has 0 radical (unpaired) electrons. The van der Waals surface area contributed by atoms with Gasteiger partial charge in [-0.2, -0.15) is 11.8 Å². The summed E-state index contributed by atoms with van der Waals surface area (Å²) >= 11 is 2.01. The number of hydrogen-bond donors (Lipinski definition) is 2. The molecule has 1 fully saturated rings. The van der Waals surface area contributed by atoms with Crippen molar-refractivity contribution in [2.45, 2.75) is 51.4 Å². The number of carbonyl (C=O) groups is 1. The van der Waals surface area contributed by atoms with Gasteiger partial charge in [0, 0.05) is 48.8 Å². The minimum Gasteiger partial charge on any atom is -0.352 e. The predicted molar refractivity (Wildman–Crippen MR) is 112 cm³/mol. The second kappa shape index (κ2) is 9.31. The number of guanidine groups is 1. The Hall–Kier alpha value is -1.69. The van der Waals surface area contributed by atoms with Crippen molar-refractivity contribution in [3.63, 3.8) is 0 Å². The van der Waals surface area contributed by atoms with E-state index in [0.29, 0.717) is 12.1 Å². The Bertz CT molecular complexity index is 644. The highest BCUT2D eigenvalue weighted by molar-refractivity contribution is 8.00. The average Bonchev–Trinajstić information content (AvgIpc) is 2.61. The largest absolute Gasteiger partial charge is 0.352 e. The van der Waals surface area contributed by atoms with Gasteiger partial charge < -0.3 is 15.5 Å². The molecule has 1 atom stereocenters. The summed E-state index contributed by atoms with van der Waals surface area (Å²) in [6.45, 7) is 11.3.